The van der Waals surface area contributed by atoms with Gasteiger partial charge in [0.25, 0.3) is 0 Å². The molecule has 2 aliphatic rings. The van der Waals surface area contributed by atoms with E-state index in [2.05, 4.69) is 98.3 Å². The van der Waals surface area contributed by atoms with Gasteiger partial charge in [-0.2, -0.15) is 0 Å². The van der Waals surface area contributed by atoms with Gasteiger partial charge in [0.15, 0.2) is 5.78 Å². The molecule has 0 radical (unpaired) electrons. The number of ketones is 1. The van der Waals surface area contributed by atoms with Gasteiger partial charge in [0, 0.05) is 52.7 Å². The van der Waals surface area contributed by atoms with E-state index in [1.165, 1.54) is 22.3 Å². The number of hydrogen-bond donors (Lipinski definition) is 2. The summed E-state index contributed by atoms with van der Waals surface area (Å²) in [4.78, 5) is 30.9. The summed E-state index contributed by atoms with van der Waals surface area (Å²) in [6.07, 6.45) is 4.23. The van der Waals surface area contributed by atoms with Crippen molar-refractivity contribution in [1.82, 2.24) is 19.9 Å². The Labute approximate surface area is 270 Å². The zero-order chi connectivity index (χ0) is 30.0. The minimum absolute atomic E-state index is 0. The van der Waals surface area contributed by atoms with Crippen molar-refractivity contribution in [3.8, 4) is 22.3 Å². The summed E-state index contributed by atoms with van der Waals surface area (Å²) in [7, 11) is 0. The molecule has 0 spiro atoms. The molecule has 0 unspecified atom stereocenters. The topological polar surface area (TPSA) is 74.4 Å². The maximum absolute atomic E-state index is 13.5. The standard InChI is InChI=1S/C38H34N4O.Zn/c1-21-7-9-25(10-8-21)35-28-13-12-27(40-28)20-33-38(5,6)37(43)32(42-33)19-26-11-14-30(39-26)36(31-16-15-29(35)41-31)34-23(3)17-22(2)18-24(34)4;/h7-20,39-40H,1-6H3;. The summed E-state index contributed by atoms with van der Waals surface area (Å²) in [5.74, 6) is 0.00857. The third-order valence-corrected chi connectivity index (χ3v) is 8.64. The first-order chi connectivity index (χ1) is 20.6. The molecule has 5 nitrogen and oxygen atoms in total. The number of hydrogen-bond acceptors (Lipinski definition) is 3. The van der Waals surface area contributed by atoms with Crippen LogP contribution in [0.4, 0.5) is 0 Å². The van der Waals surface area contributed by atoms with Gasteiger partial charge in [0.05, 0.1) is 22.5 Å². The average Bonchev–Trinajstić information content (AvgIpc) is 3.75. The van der Waals surface area contributed by atoms with Crippen molar-refractivity contribution in [3.63, 3.8) is 0 Å². The maximum atomic E-state index is 13.5. The molecule has 0 saturated heterocycles. The van der Waals surface area contributed by atoms with Gasteiger partial charge in [-0.15, -0.1) is 0 Å². The zero-order valence-corrected chi connectivity index (χ0v) is 29.1. The van der Waals surface area contributed by atoms with Crippen molar-refractivity contribution in [2.24, 2.45) is 0 Å². The number of rotatable bonds is 2. The van der Waals surface area contributed by atoms with Gasteiger partial charge in [-0.3, -0.25) is 4.79 Å². The molecule has 3 aromatic heterocycles. The van der Waals surface area contributed by atoms with Crippen LogP contribution in [0.2, 0.25) is 0 Å². The van der Waals surface area contributed by atoms with Crippen LogP contribution in [-0.4, -0.2) is 25.7 Å². The van der Waals surface area contributed by atoms with Crippen LogP contribution in [-0.2, 0) is 24.9 Å². The summed E-state index contributed by atoms with van der Waals surface area (Å²) < 4.78 is 0. The van der Waals surface area contributed by atoms with Crippen molar-refractivity contribution in [2.75, 3.05) is 0 Å². The van der Waals surface area contributed by atoms with Crippen molar-refractivity contribution < 1.29 is 24.3 Å². The molecule has 5 heterocycles. The maximum Gasteiger partial charge on any atom is 0.192 e. The Morgan fingerprint density at radius 1 is 0.614 bits per heavy atom. The molecule has 2 aromatic carbocycles. The third kappa shape index (κ3) is 4.97. The number of Topliss-reactive ketones (excluding diaryl/α,β-unsaturated/α-hetero) is 1. The molecule has 5 aromatic rings. The second kappa shape index (κ2) is 10.9. The van der Waals surface area contributed by atoms with Gasteiger partial charge in [-0.1, -0.05) is 47.5 Å². The first-order valence-corrected chi connectivity index (χ1v) is 14.7. The summed E-state index contributed by atoms with van der Waals surface area (Å²) in [6, 6.07) is 25.1. The van der Waals surface area contributed by atoms with Gasteiger partial charge >= 0.3 is 0 Å². The second-order valence-corrected chi connectivity index (χ2v) is 12.4. The van der Waals surface area contributed by atoms with E-state index < -0.39 is 5.41 Å². The van der Waals surface area contributed by atoms with E-state index in [1.54, 1.807) is 0 Å². The molecule has 8 bridgehead atoms. The number of nitrogens with one attached hydrogen (secondary N) is 2. The van der Waals surface area contributed by atoms with Crippen LogP contribution in [0.5, 0.6) is 0 Å². The Morgan fingerprint density at radius 3 is 1.82 bits per heavy atom. The SMILES string of the molecule is Cc1ccc(-c2c3nc(c(-c4c(C)cc(C)cc4C)c4ccc(cc5nc(cc6ccc2[nH]6)C(C)(C)C5=O)[nH]4)C=C3)cc1.[Zn]. The van der Waals surface area contributed by atoms with Crippen LogP contribution in [0.15, 0.2) is 72.8 Å². The number of benzene rings is 2. The predicted molar refractivity (Wildman–Crippen MR) is 177 cm³/mol. The molecule has 7 rings (SSSR count). The Balaban J connectivity index is 0.00000343. The van der Waals surface area contributed by atoms with Gasteiger partial charge in [0.2, 0.25) is 0 Å². The Hall–Kier alpha value is -4.41. The van der Waals surface area contributed by atoms with E-state index in [0.717, 1.165) is 61.4 Å². The molecule has 2 N–H and O–H groups in total. The molecule has 214 valence electrons. The molecule has 0 saturated carbocycles. The normalized spacial score (nSPS) is 13.6. The number of nitrogens with zero attached hydrogens (tertiary/aromatic N) is 2. The molecule has 44 heavy (non-hydrogen) atoms. The van der Waals surface area contributed by atoms with Crippen molar-refractivity contribution in [1.29, 1.82) is 0 Å². The number of aromatic nitrogens is 4. The van der Waals surface area contributed by atoms with E-state index in [-0.39, 0.29) is 25.3 Å². The molecule has 6 heteroatoms. The van der Waals surface area contributed by atoms with Gasteiger partial charge in [0.1, 0.15) is 5.69 Å². The fraction of sp³-hybridized carbons (Fsp3) is 0.184. The number of fused-ring (bicyclic) bond motifs is 8. The van der Waals surface area contributed by atoms with Crippen molar-refractivity contribution >= 4 is 40.0 Å². The summed E-state index contributed by atoms with van der Waals surface area (Å²) in [5, 5.41) is 0. The summed E-state index contributed by atoms with van der Waals surface area (Å²) >= 11 is 0. The third-order valence-electron chi connectivity index (χ3n) is 8.64. The van der Waals surface area contributed by atoms with E-state index in [1.807, 2.05) is 38.1 Å². The quantitative estimate of drug-likeness (QED) is 0.188. The molecule has 0 amide bonds. The first kappa shape index (κ1) is 29.7. The predicted octanol–water partition coefficient (Wildman–Crippen LogP) is 9.21. The Bertz CT molecular complexity index is 2140. The van der Waals surface area contributed by atoms with Gasteiger partial charge in [-0.05, 0) is 112 Å². The van der Waals surface area contributed by atoms with Crippen LogP contribution in [0.25, 0.3) is 56.5 Å². The number of carbonyl (C=O) groups is 1. The number of carbonyl (C=O) groups excluding carboxylic acids is 1. The van der Waals surface area contributed by atoms with Crippen LogP contribution < -0.4 is 0 Å². The van der Waals surface area contributed by atoms with E-state index in [0.29, 0.717) is 5.69 Å². The zero-order valence-electron chi connectivity index (χ0n) is 26.1. The van der Waals surface area contributed by atoms with Crippen LogP contribution >= 0.6 is 0 Å². The monoisotopic (exact) mass is 626 g/mol. The van der Waals surface area contributed by atoms with Crippen LogP contribution in [0.1, 0.15) is 63.7 Å². The van der Waals surface area contributed by atoms with E-state index >= 15 is 0 Å². The summed E-state index contributed by atoms with van der Waals surface area (Å²) in [6.45, 7) is 12.4. The number of aromatic amines is 2. The smallest absolute Gasteiger partial charge is 0.192 e. The average molecular weight is 628 g/mol. The molecular formula is C38H34N4OZn. The second-order valence-electron chi connectivity index (χ2n) is 12.4. The Kier molecular flexibility index (Phi) is 7.38. The molecular weight excluding hydrogens is 594 g/mol. The molecule has 2 aliphatic heterocycles. The van der Waals surface area contributed by atoms with Crippen LogP contribution in [0, 0.1) is 27.7 Å². The molecule has 0 fully saturated rings. The molecule has 0 aliphatic carbocycles. The Morgan fingerprint density at radius 2 is 1.18 bits per heavy atom. The summed E-state index contributed by atoms with van der Waals surface area (Å²) in [5.41, 5.74) is 14.9. The largest absolute Gasteiger partial charge is 0.355 e. The van der Waals surface area contributed by atoms with E-state index in [9.17, 15) is 4.79 Å². The minimum Gasteiger partial charge on any atom is -0.355 e. The number of H-pyrrole nitrogens is 2. The van der Waals surface area contributed by atoms with E-state index in [4.69, 9.17) is 9.97 Å². The molecule has 0 atom stereocenters. The number of aryl methyl sites for hydroxylation is 4. The van der Waals surface area contributed by atoms with Crippen molar-refractivity contribution in [2.45, 2.75) is 47.0 Å². The van der Waals surface area contributed by atoms with Crippen LogP contribution in [0.3, 0.4) is 0 Å². The minimum atomic E-state index is -0.737. The first-order valence-electron chi connectivity index (χ1n) is 14.7. The van der Waals surface area contributed by atoms with Gasteiger partial charge < -0.3 is 9.97 Å². The fourth-order valence-corrected chi connectivity index (χ4v) is 6.42. The fourth-order valence-electron chi connectivity index (χ4n) is 6.42. The van der Waals surface area contributed by atoms with Gasteiger partial charge in [-0.25, -0.2) is 9.97 Å². The van der Waals surface area contributed by atoms with Crippen molar-refractivity contribution in [3.05, 3.63) is 118 Å².